The van der Waals surface area contributed by atoms with Crippen molar-refractivity contribution in [3.8, 4) is 0 Å². The van der Waals surface area contributed by atoms with E-state index in [0.29, 0.717) is 5.56 Å². The summed E-state index contributed by atoms with van der Waals surface area (Å²) in [6, 6.07) is 5.91. The zero-order valence-corrected chi connectivity index (χ0v) is 12.6. The molecule has 1 atom stereocenters. The van der Waals surface area contributed by atoms with Crippen LogP contribution >= 0.6 is 12.4 Å². The molecule has 0 heterocycles. The number of non-ortho nitro benzene ring substituents is 1. The molecular weight excluding hydrogens is 282 g/mol. The number of rotatable bonds is 5. The van der Waals surface area contributed by atoms with Crippen LogP contribution < -0.4 is 11.1 Å². The van der Waals surface area contributed by atoms with E-state index in [1.807, 2.05) is 0 Å². The van der Waals surface area contributed by atoms with Gasteiger partial charge in [-0.05, 0) is 26.3 Å². The third kappa shape index (κ3) is 4.47. The summed E-state index contributed by atoms with van der Waals surface area (Å²) < 4.78 is 0. The molecule has 0 fully saturated rings. The van der Waals surface area contributed by atoms with Crippen LogP contribution in [-0.4, -0.2) is 17.4 Å². The van der Waals surface area contributed by atoms with Crippen molar-refractivity contribution < 1.29 is 9.72 Å². The number of nitro benzene ring substituents is 1. The van der Waals surface area contributed by atoms with Crippen LogP contribution in [0.3, 0.4) is 0 Å². The van der Waals surface area contributed by atoms with E-state index in [4.69, 9.17) is 5.73 Å². The Labute approximate surface area is 124 Å². The number of benzene rings is 1. The minimum Gasteiger partial charge on any atom is -0.349 e. The average Bonchev–Trinajstić information content (AvgIpc) is 2.38. The fourth-order valence-corrected chi connectivity index (χ4v) is 1.48. The third-order valence-corrected chi connectivity index (χ3v) is 3.05. The predicted octanol–water partition coefficient (Wildman–Crippen LogP) is 2.18. The second kappa shape index (κ2) is 7.21. The monoisotopic (exact) mass is 301 g/mol. The Balaban J connectivity index is 0.00000361. The van der Waals surface area contributed by atoms with Crippen LogP contribution in [0.1, 0.15) is 32.4 Å². The van der Waals surface area contributed by atoms with Crippen LogP contribution in [0, 0.1) is 15.5 Å². The normalized spacial score (nSPS) is 12.2. The molecule has 20 heavy (non-hydrogen) atoms. The molecule has 3 N–H and O–H groups in total. The molecule has 1 rings (SSSR count). The molecule has 1 amide bonds. The fourth-order valence-electron chi connectivity index (χ4n) is 1.48. The highest BCUT2D eigenvalue weighted by Gasteiger charge is 2.27. The standard InChI is InChI=1S/C13H19N3O3.ClH/c1-9(15-12(17)13(2,3)8-14)10-5-4-6-11(7-10)16(18)19;/h4-7,9H,8,14H2,1-3H3,(H,15,17);1H. The summed E-state index contributed by atoms with van der Waals surface area (Å²) in [5.74, 6) is -0.172. The summed E-state index contributed by atoms with van der Waals surface area (Å²) >= 11 is 0. The molecule has 7 heteroatoms. The number of nitro groups is 1. The summed E-state index contributed by atoms with van der Waals surface area (Å²) in [6.07, 6.45) is 0. The maximum Gasteiger partial charge on any atom is 0.269 e. The number of hydrogen-bond acceptors (Lipinski definition) is 4. The van der Waals surface area contributed by atoms with Crippen molar-refractivity contribution in [2.45, 2.75) is 26.8 Å². The van der Waals surface area contributed by atoms with Crippen molar-refractivity contribution >= 4 is 24.0 Å². The number of amides is 1. The Morgan fingerprint density at radius 2 is 2.10 bits per heavy atom. The number of hydrogen-bond donors (Lipinski definition) is 2. The Morgan fingerprint density at radius 3 is 2.60 bits per heavy atom. The van der Waals surface area contributed by atoms with Gasteiger partial charge in [0, 0.05) is 18.7 Å². The van der Waals surface area contributed by atoms with E-state index >= 15 is 0 Å². The Hall–Kier alpha value is -1.66. The Bertz CT molecular complexity index is 492. The van der Waals surface area contributed by atoms with E-state index < -0.39 is 10.3 Å². The van der Waals surface area contributed by atoms with Crippen LogP contribution in [0.4, 0.5) is 5.69 Å². The lowest BCUT2D eigenvalue weighted by Gasteiger charge is -2.24. The van der Waals surface area contributed by atoms with Gasteiger partial charge in [-0.15, -0.1) is 12.4 Å². The van der Waals surface area contributed by atoms with Crippen LogP contribution in [0.15, 0.2) is 24.3 Å². The molecule has 1 aromatic carbocycles. The maximum absolute atomic E-state index is 12.0. The number of nitrogens with two attached hydrogens (primary N) is 1. The number of nitrogens with zero attached hydrogens (tertiary/aromatic N) is 1. The summed E-state index contributed by atoms with van der Waals surface area (Å²) in [7, 11) is 0. The molecule has 6 nitrogen and oxygen atoms in total. The average molecular weight is 302 g/mol. The molecule has 1 unspecified atom stereocenters. The molecule has 0 spiro atoms. The van der Waals surface area contributed by atoms with Gasteiger partial charge in [0.05, 0.1) is 16.4 Å². The van der Waals surface area contributed by atoms with Gasteiger partial charge in [-0.3, -0.25) is 14.9 Å². The van der Waals surface area contributed by atoms with Crippen LogP contribution in [-0.2, 0) is 4.79 Å². The first kappa shape index (κ1) is 18.3. The Morgan fingerprint density at radius 1 is 1.50 bits per heavy atom. The zero-order valence-electron chi connectivity index (χ0n) is 11.8. The molecule has 1 aromatic rings. The first-order valence-electron chi connectivity index (χ1n) is 6.03. The van der Waals surface area contributed by atoms with E-state index in [-0.39, 0.29) is 36.6 Å². The summed E-state index contributed by atoms with van der Waals surface area (Å²) in [5, 5.41) is 13.5. The quantitative estimate of drug-likeness (QED) is 0.643. The van der Waals surface area contributed by atoms with E-state index in [9.17, 15) is 14.9 Å². The van der Waals surface area contributed by atoms with Gasteiger partial charge in [-0.1, -0.05) is 12.1 Å². The Kier molecular flexibility index (Phi) is 6.61. The fraction of sp³-hybridized carbons (Fsp3) is 0.462. The van der Waals surface area contributed by atoms with E-state index in [2.05, 4.69) is 5.32 Å². The van der Waals surface area contributed by atoms with Crippen molar-refractivity contribution in [1.29, 1.82) is 0 Å². The smallest absolute Gasteiger partial charge is 0.269 e. The summed E-state index contributed by atoms with van der Waals surface area (Å²) in [6.45, 7) is 5.52. The van der Waals surface area contributed by atoms with Gasteiger partial charge in [0.25, 0.3) is 5.69 Å². The lowest BCUT2D eigenvalue weighted by atomic mass is 9.92. The van der Waals surface area contributed by atoms with Gasteiger partial charge >= 0.3 is 0 Å². The lowest BCUT2D eigenvalue weighted by molar-refractivity contribution is -0.384. The lowest BCUT2D eigenvalue weighted by Crippen LogP contribution is -2.42. The zero-order chi connectivity index (χ0) is 14.6. The first-order chi connectivity index (χ1) is 8.77. The van der Waals surface area contributed by atoms with Crippen molar-refractivity contribution in [3.05, 3.63) is 39.9 Å². The highest BCUT2D eigenvalue weighted by molar-refractivity contribution is 5.85. The molecule has 0 saturated heterocycles. The van der Waals surface area contributed by atoms with Gasteiger partial charge < -0.3 is 11.1 Å². The van der Waals surface area contributed by atoms with Crippen molar-refractivity contribution in [1.82, 2.24) is 5.32 Å². The molecule has 0 aliphatic rings. The molecule has 0 aliphatic heterocycles. The minimum absolute atomic E-state index is 0. The van der Waals surface area contributed by atoms with Gasteiger partial charge in [0.1, 0.15) is 0 Å². The van der Waals surface area contributed by atoms with Gasteiger partial charge in [-0.2, -0.15) is 0 Å². The largest absolute Gasteiger partial charge is 0.349 e. The topological polar surface area (TPSA) is 98.3 Å². The third-order valence-electron chi connectivity index (χ3n) is 3.05. The molecule has 0 radical (unpaired) electrons. The predicted molar refractivity (Wildman–Crippen MR) is 79.7 cm³/mol. The molecule has 0 bridgehead atoms. The molecular formula is C13H20ClN3O3. The van der Waals surface area contributed by atoms with Crippen molar-refractivity contribution in [3.63, 3.8) is 0 Å². The molecule has 112 valence electrons. The minimum atomic E-state index is -0.658. The van der Waals surface area contributed by atoms with Gasteiger partial charge in [0.15, 0.2) is 0 Å². The molecule has 0 saturated carbocycles. The van der Waals surface area contributed by atoms with Crippen LogP contribution in [0.5, 0.6) is 0 Å². The van der Waals surface area contributed by atoms with Crippen LogP contribution in [0.2, 0.25) is 0 Å². The molecule has 0 aromatic heterocycles. The second-order valence-corrected chi connectivity index (χ2v) is 5.14. The SMILES string of the molecule is CC(NC(=O)C(C)(C)CN)c1cccc([N+](=O)[O-])c1.Cl. The van der Waals surface area contributed by atoms with E-state index in [1.165, 1.54) is 12.1 Å². The van der Waals surface area contributed by atoms with Gasteiger partial charge in [0.2, 0.25) is 5.91 Å². The maximum atomic E-state index is 12.0. The summed E-state index contributed by atoms with van der Waals surface area (Å²) in [5.41, 5.74) is 5.58. The summed E-state index contributed by atoms with van der Waals surface area (Å²) in [4.78, 5) is 22.2. The van der Waals surface area contributed by atoms with Crippen molar-refractivity contribution in [2.75, 3.05) is 6.54 Å². The van der Waals surface area contributed by atoms with E-state index in [1.54, 1.807) is 32.9 Å². The highest BCUT2D eigenvalue weighted by atomic mass is 35.5. The number of carbonyl (C=O) groups excluding carboxylic acids is 1. The van der Waals surface area contributed by atoms with Crippen LogP contribution in [0.25, 0.3) is 0 Å². The number of nitrogens with one attached hydrogen (secondary N) is 1. The number of halogens is 1. The molecule has 0 aliphatic carbocycles. The first-order valence-corrected chi connectivity index (χ1v) is 6.03. The van der Waals surface area contributed by atoms with Gasteiger partial charge in [-0.25, -0.2) is 0 Å². The van der Waals surface area contributed by atoms with E-state index in [0.717, 1.165) is 0 Å². The van der Waals surface area contributed by atoms with Crippen molar-refractivity contribution in [2.24, 2.45) is 11.1 Å². The highest BCUT2D eigenvalue weighted by Crippen LogP contribution is 2.21. The second-order valence-electron chi connectivity index (χ2n) is 5.14. The number of carbonyl (C=O) groups is 1.